The van der Waals surface area contributed by atoms with Crippen LogP contribution in [0.3, 0.4) is 0 Å². The molecule has 0 saturated carbocycles. The summed E-state index contributed by atoms with van der Waals surface area (Å²) in [5.74, 6) is 0.214. The Morgan fingerprint density at radius 3 is 2.86 bits per heavy atom. The molecule has 0 bridgehead atoms. The minimum Gasteiger partial charge on any atom is -0.495 e. The van der Waals surface area contributed by atoms with Crippen LogP contribution in [0.25, 0.3) is 10.9 Å². The molecule has 0 unspecified atom stereocenters. The van der Waals surface area contributed by atoms with Crippen LogP contribution in [-0.2, 0) is 6.50 Å². The maximum absolute atomic E-state index is 12.7. The molecule has 7 nitrogen and oxygen atoms in total. The number of nitrogen functional groups attached to an aromatic ring is 1. The van der Waals surface area contributed by atoms with Gasteiger partial charge in [-0.25, -0.2) is 9.78 Å². The number of ether oxygens (including phenoxy) is 1. The zero-order valence-corrected chi connectivity index (χ0v) is 15.2. The van der Waals surface area contributed by atoms with Gasteiger partial charge in [-0.3, -0.25) is 0 Å². The average Bonchev–Trinajstić information content (AvgIpc) is 3.20. The second-order valence-electron chi connectivity index (χ2n) is 6.18. The molecule has 7 heteroatoms. The highest BCUT2D eigenvalue weighted by Gasteiger charge is 2.11. The number of amides is 2. The van der Waals surface area contributed by atoms with Crippen molar-refractivity contribution >= 4 is 34.1 Å². The summed E-state index contributed by atoms with van der Waals surface area (Å²) < 4.78 is 45.5. The third-order valence-electron chi connectivity index (χ3n) is 4.26. The number of anilines is 3. The first-order valence-electron chi connectivity index (χ1n) is 11.2. The van der Waals surface area contributed by atoms with Gasteiger partial charge in [0.15, 0.2) is 0 Å². The number of benzene rings is 2. The first-order chi connectivity index (χ1) is 16.0. The van der Waals surface area contributed by atoms with Crippen molar-refractivity contribution in [1.29, 1.82) is 0 Å². The molecule has 146 valence electrons. The maximum Gasteiger partial charge on any atom is 0.323 e. The summed E-state index contributed by atoms with van der Waals surface area (Å²) in [6.07, 6.45) is 3.03. The number of nitrogens with one attached hydrogen (secondary N) is 2. The molecule has 29 heavy (non-hydrogen) atoms. The van der Waals surface area contributed by atoms with E-state index in [1.165, 1.54) is 29.0 Å². The van der Waals surface area contributed by atoms with E-state index in [9.17, 15) is 4.79 Å². The van der Waals surface area contributed by atoms with E-state index in [1.807, 2.05) is 0 Å². The molecule has 2 amide bonds. The predicted molar refractivity (Wildman–Crippen MR) is 115 cm³/mol. The Kier molecular flexibility index (Phi) is 3.62. The van der Waals surface area contributed by atoms with E-state index in [4.69, 9.17) is 17.3 Å². The number of para-hydroxylation sites is 2. The van der Waals surface area contributed by atoms with E-state index < -0.39 is 19.6 Å². The quantitative estimate of drug-likeness (QED) is 0.471. The van der Waals surface area contributed by atoms with Crippen LogP contribution in [0, 0.1) is 0 Å². The molecule has 4 rings (SSSR count). The maximum atomic E-state index is 12.7. The Labute approximate surface area is 175 Å². The highest BCUT2D eigenvalue weighted by atomic mass is 16.5. The van der Waals surface area contributed by atoms with Gasteiger partial charge in [-0.15, -0.1) is 0 Å². The van der Waals surface area contributed by atoms with E-state index in [0.29, 0.717) is 22.2 Å². The molecule has 0 fully saturated rings. The van der Waals surface area contributed by atoms with Crippen LogP contribution in [0.15, 0.2) is 73.1 Å². The summed E-state index contributed by atoms with van der Waals surface area (Å²) in [5, 5.41) is 5.92. The number of hydrogen-bond donors (Lipinski definition) is 3. The normalized spacial score (nSPS) is 14.1. The number of rotatable bonds is 5. The molecule has 2 heterocycles. The van der Waals surface area contributed by atoms with Crippen LogP contribution in [0.1, 0.15) is 12.4 Å². The zero-order valence-electron chi connectivity index (χ0n) is 20.2. The van der Waals surface area contributed by atoms with E-state index in [0.717, 1.165) is 0 Å². The number of hydrogen-bond acceptors (Lipinski definition) is 4. The van der Waals surface area contributed by atoms with Gasteiger partial charge in [-0.1, -0.05) is 18.2 Å². The molecule has 2 aromatic carbocycles. The van der Waals surface area contributed by atoms with E-state index >= 15 is 0 Å². The molecule has 0 aliphatic rings. The van der Waals surface area contributed by atoms with Crippen molar-refractivity contribution in [3.63, 3.8) is 0 Å². The first-order valence-corrected chi connectivity index (χ1v) is 8.73. The Bertz CT molecular complexity index is 1350. The first kappa shape index (κ1) is 13.2. The number of aromatic nitrogens is 2. The van der Waals surface area contributed by atoms with Crippen molar-refractivity contribution in [3.8, 4) is 5.75 Å². The minimum atomic E-state index is -2.67. The van der Waals surface area contributed by atoms with Crippen LogP contribution < -0.4 is 21.1 Å². The summed E-state index contributed by atoms with van der Waals surface area (Å²) in [4.78, 5) is 16.6. The summed E-state index contributed by atoms with van der Waals surface area (Å²) in [6.45, 7) is -1.93. The highest BCUT2D eigenvalue weighted by Crippen LogP contribution is 2.27. The molecular weight excluding hydrogens is 366 g/mol. The lowest BCUT2D eigenvalue weighted by atomic mass is 10.2. The van der Waals surface area contributed by atoms with Crippen LogP contribution in [-0.4, -0.2) is 22.6 Å². The van der Waals surface area contributed by atoms with Gasteiger partial charge in [0.2, 0.25) is 0 Å². The molecule has 0 aliphatic carbocycles. The molecule has 2 aromatic heterocycles. The number of carbonyl (C=O) groups is 1. The molecule has 0 saturated heterocycles. The predicted octanol–water partition coefficient (Wildman–Crippen LogP) is 4.32. The SMILES string of the molecule is [2H]C([2H])([2H])Oc1ccccc1NC(=O)Nc1cccc2c1ccn2C([2H])([2H])c1ccnc(N)c1. The molecule has 4 N–H and O–H groups in total. The number of methoxy groups -OCH3 is 1. The van der Waals surface area contributed by atoms with Crippen LogP contribution >= 0.6 is 0 Å². The van der Waals surface area contributed by atoms with E-state index in [1.54, 1.807) is 48.7 Å². The highest BCUT2D eigenvalue weighted by molar-refractivity contribution is 6.06. The Morgan fingerprint density at radius 1 is 1.17 bits per heavy atom. The van der Waals surface area contributed by atoms with Crippen molar-refractivity contribution in [1.82, 2.24) is 9.55 Å². The molecule has 0 spiro atoms. The van der Waals surface area contributed by atoms with Gasteiger partial charge in [-0.2, -0.15) is 0 Å². The number of urea groups is 1. The van der Waals surface area contributed by atoms with Crippen LogP contribution in [0.5, 0.6) is 5.75 Å². The number of pyridine rings is 1. The summed E-state index contributed by atoms with van der Waals surface area (Å²) in [5.41, 5.74) is 7.23. The van der Waals surface area contributed by atoms with Crippen LogP contribution in [0.2, 0.25) is 0 Å². The van der Waals surface area contributed by atoms with Gasteiger partial charge in [0, 0.05) is 24.3 Å². The zero-order chi connectivity index (χ0) is 24.5. The fourth-order valence-electron chi connectivity index (χ4n) is 2.97. The molecule has 0 radical (unpaired) electrons. The van der Waals surface area contributed by atoms with Gasteiger partial charge >= 0.3 is 6.03 Å². The molecule has 0 atom stereocenters. The third kappa shape index (κ3) is 3.98. The fraction of sp³-hybridized carbons (Fsp3) is 0.0909. The topological polar surface area (TPSA) is 94.2 Å². The Hall–Kier alpha value is -4.00. The van der Waals surface area contributed by atoms with Gasteiger partial charge in [-0.05, 0) is 48.0 Å². The van der Waals surface area contributed by atoms with Crippen molar-refractivity contribution in [2.75, 3.05) is 23.4 Å². The van der Waals surface area contributed by atoms with Crippen molar-refractivity contribution < 1.29 is 16.4 Å². The lowest BCUT2D eigenvalue weighted by Gasteiger charge is -2.12. The smallest absolute Gasteiger partial charge is 0.323 e. The lowest BCUT2D eigenvalue weighted by Crippen LogP contribution is -2.19. The molecule has 4 aromatic rings. The van der Waals surface area contributed by atoms with E-state index in [-0.39, 0.29) is 17.3 Å². The van der Waals surface area contributed by atoms with Crippen molar-refractivity contribution in [2.24, 2.45) is 0 Å². The molecule has 0 aliphatic heterocycles. The average molecular weight is 392 g/mol. The standard InChI is InChI=1S/C22H21N5O2/c1-29-20-8-3-2-5-18(20)26-22(28)25-17-6-4-7-19-16(17)10-12-27(19)14-15-9-11-24-21(23)13-15/h2-13H,14H2,1H3,(H2,23,24)(H2,25,26,28)/i1D3,14D2. The van der Waals surface area contributed by atoms with Gasteiger partial charge in [0.25, 0.3) is 0 Å². The number of nitrogens with zero attached hydrogens (tertiary/aromatic N) is 2. The van der Waals surface area contributed by atoms with Crippen molar-refractivity contribution in [3.05, 3.63) is 78.6 Å². The van der Waals surface area contributed by atoms with Gasteiger partial charge < -0.3 is 25.7 Å². The largest absolute Gasteiger partial charge is 0.495 e. The van der Waals surface area contributed by atoms with E-state index in [2.05, 4.69) is 15.6 Å². The lowest BCUT2D eigenvalue weighted by molar-refractivity contribution is 0.262. The summed E-state index contributed by atoms with van der Waals surface area (Å²) in [6, 6.07) is 15.4. The Morgan fingerprint density at radius 2 is 2.00 bits per heavy atom. The number of fused-ring (bicyclic) bond motifs is 1. The third-order valence-corrected chi connectivity index (χ3v) is 4.26. The molecular formula is C22H21N5O2. The number of carbonyl (C=O) groups excluding carboxylic acids is 1. The Balaban J connectivity index is 1.60. The summed E-state index contributed by atoms with van der Waals surface area (Å²) in [7, 11) is -2.67. The van der Waals surface area contributed by atoms with Gasteiger partial charge in [0.05, 0.1) is 30.8 Å². The van der Waals surface area contributed by atoms with Crippen molar-refractivity contribution in [2.45, 2.75) is 6.50 Å². The monoisotopic (exact) mass is 392 g/mol. The summed E-state index contributed by atoms with van der Waals surface area (Å²) >= 11 is 0. The number of nitrogens with two attached hydrogens (primary N) is 1. The minimum absolute atomic E-state index is 0.00633. The van der Waals surface area contributed by atoms with Gasteiger partial charge in [0.1, 0.15) is 11.6 Å². The van der Waals surface area contributed by atoms with Crippen LogP contribution in [0.4, 0.5) is 22.0 Å². The second-order valence-corrected chi connectivity index (χ2v) is 6.18. The fourth-order valence-corrected chi connectivity index (χ4v) is 2.97. The second kappa shape index (κ2) is 7.93.